The summed E-state index contributed by atoms with van der Waals surface area (Å²) in [6.45, 7) is 3.31. The van der Waals surface area contributed by atoms with Crippen LogP contribution < -0.4 is 0 Å². The standard InChI is InChI=1S/C30H25BrN2O/c1-2-18-33(30(34)25-15-8-12-22-13-9-16-26(31)29(22)25)20-23-19-28(21-10-4-3-5-11-21)32-27-17-7-6-14-24(23)27/h3-17,19H,2,18,20H2,1H3. The summed E-state index contributed by atoms with van der Waals surface area (Å²) in [5.41, 5.74) is 4.76. The molecule has 4 aromatic carbocycles. The first-order valence-electron chi connectivity index (χ1n) is 11.6. The molecule has 4 heteroatoms. The molecule has 0 spiro atoms. The van der Waals surface area contributed by atoms with Crippen LogP contribution in [-0.4, -0.2) is 22.3 Å². The molecule has 168 valence electrons. The Hall–Kier alpha value is -3.50. The normalized spacial score (nSPS) is 11.1. The van der Waals surface area contributed by atoms with Crippen LogP contribution in [0.2, 0.25) is 0 Å². The van der Waals surface area contributed by atoms with E-state index < -0.39 is 0 Å². The highest BCUT2D eigenvalue weighted by Gasteiger charge is 2.20. The summed E-state index contributed by atoms with van der Waals surface area (Å²) < 4.78 is 0.936. The number of para-hydroxylation sites is 1. The summed E-state index contributed by atoms with van der Waals surface area (Å²) >= 11 is 3.66. The van der Waals surface area contributed by atoms with E-state index in [4.69, 9.17) is 4.98 Å². The van der Waals surface area contributed by atoms with Crippen LogP contribution >= 0.6 is 15.9 Å². The number of hydrogen-bond donors (Lipinski definition) is 0. The van der Waals surface area contributed by atoms with Crippen LogP contribution in [0.1, 0.15) is 29.3 Å². The minimum atomic E-state index is 0.0431. The Morgan fingerprint density at radius 1 is 0.882 bits per heavy atom. The van der Waals surface area contributed by atoms with Crippen LogP contribution in [0.15, 0.2) is 102 Å². The number of rotatable bonds is 6. The second-order valence-corrected chi connectivity index (χ2v) is 9.27. The van der Waals surface area contributed by atoms with Crippen molar-refractivity contribution in [3.63, 3.8) is 0 Å². The summed E-state index contributed by atoms with van der Waals surface area (Å²) in [4.78, 5) is 20.8. The van der Waals surface area contributed by atoms with Gasteiger partial charge in [-0.3, -0.25) is 4.79 Å². The molecule has 1 amide bonds. The monoisotopic (exact) mass is 508 g/mol. The molecule has 0 saturated carbocycles. The number of aromatic nitrogens is 1. The van der Waals surface area contributed by atoms with Crippen molar-refractivity contribution in [2.75, 3.05) is 6.54 Å². The predicted octanol–water partition coefficient (Wildman–Crippen LogP) is 7.87. The molecule has 34 heavy (non-hydrogen) atoms. The molecule has 1 aromatic heterocycles. The molecule has 0 radical (unpaired) electrons. The van der Waals surface area contributed by atoms with E-state index in [2.05, 4.69) is 47.1 Å². The zero-order valence-electron chi connectivity index (χ0n) is 19.0. The van der Waals surface area contributed by atoms with Crippen LogP contribution in [0, 0.1) is 0 Å². The van der Waals surface area contributed by atoms with Gasteiger partial charge in [-0.25, -0.2) is 4.98 Å². The minimum absolute atomic E-state index is 0.0431. The van der Waals surface area contributed by atoms with Gasteiger partial charge in [0.1, 0.15) is 0 Å². The smallest absolute Gasteiger partial charge is 0.254 e. The van der Waals surface area contributed by atoms with Crippen molar-refractivity contribution in [1.29, 1.82) is 0 Å². The fraction of sp³-hybridized carbons (Fsp3) is 0.133. The van der Waals surface area contributed by atoms with E-state index in [1.54, 1.807) is 0 Å². The molecule has 5 aromatic rings. The first-order valence-corrected chi connectivity index (χ1v) is 12.4. The second kappa shape index (κ2) is 9.78. The fourth-order valence-electron chi connectivity index (χ4n) is 4.51. The molecule has 1 heterocycles. The van der Waals surface area contributed by atoms with Crippen LogP contribution in [0.4, 0.5) is 0 Å². The lowest BCUT2D eigenvalue weighted by atomic mass is 10.0. The van der Waals surface area contributed by atoms with E-state index in [0.29, 0.717) is 13.1 Å². The number of pyridine rings is 1. The third kappa shape index (κ3) is 4.34. The molecule has 0 unspecified atom stereocenters. The van der Waals surface area contributed by atoms with Gasteiger partial charge >= 0.3 is 0 Å². The highest BCUT2D eigenvalue weighted by atomic mass is 79.9. The van der Waals surface area contributed by atoms with Crippen LogP contribution in [-0.2, 0) is 6.54 Å². The fourth-order valence-corrected chi connectivity index (χ4v) is 5.10. The molecule has 5 rings (SSSR count). The molecular weight excluding hydrogens is 484 g/mol. The number of fused-ring (bicyclic) bond motifs is 2. The maximum Gasteiger partial charge on any atom is 0.254 e. The number of hydrogen-bond acceptors (Lipinski definition) is 2. The summed E-state index contributed by atoms with van der Waals surface area (Å²) in [7, 11) is 0. The number of nitrogens with zero attached hydrogens (tertiary/aromatic N) is 2. The van der Waals surface area contributed by atoms with Gasteiger partial charge in [-0.2, -0.15) is 0 Å². The first kappa shape index (κ1) is 22.3. The Bertz CT molecular complexity index is 1470. The first-order chi connectivity index (χ1) is 16.7. The van der Waals surface area contributed by atoms with E-state index in [1.165, 1.54) is 0 Å². The summed E-state index contributed by atoms with van der Waals surface area (Å²) in [5.74, 6) is 0.0431. The lowest BCUT2D eigenvalue weighted by Gasteiger charge is -2.24. The number of halogens is 1. The molecule has 0 aliphatic carbocycles. The lowest BCUT2D eigenvalue weighted by Crippen LogP contribution is -2.31. The van der Waals surface area contributed by atoms with Gasteiger partial charge in [-0.05, 0) is 41.6 Å². The van der Waals surface area contributed by atoms with Gasteiger partial charge in [0.2, 0.25) is 0 Å². The van der Waals surface area contributed by atoms with E-state index in [-0.39, 0.29) is 5.91 Å². The Morgan fingerprint density at radius 3 is 2.41 bits per heavy atom. The highest BCUT2D eigenvalue weighted by Crippen LogP contribution is 2.30. The van der Waals surface area contributed by atoms with Crippen molar-refractivity contribution in [2.24, 2.45) is 0 Å². The largest absolute Gasteiger partial charge is 0.334 e. The van der Waals surface area contributed by atoms with Crippen molar-refractivity contribution in [3.05, 3.63) is 113 Å². The zero-order valence-corrected chi connectivity index (χ0v) is 20.6. The van der Waals surface area contributed by atoms with Gasteiger partial charge < -0.3 is 4.90 Å². The van der Waals surface area contributed by atoms with Crippen molar-refractivity contribution in [1.82, 2.24) is 9.88 Å². The topological polar surface area (TPSA) is 33.2 Å². The third-order valence-corrected chi connectivity index (χ3v) is 6.76. The lowest BCUT2D eigenvalue weighted by molar-refractivity contribution is 0.0746. The number of carbonyl (C=O) groups is 1. The molecule has 0 bridgehead atoms. The Labute approximate surface area is 208 Å². The van der Waals surface area contributed by atoms with Gasteiger partial charge in [-0.1, -0.05) is 95.7 Å². The zero-order chi connectivity index (χ0) is 23.5. The van der Waals surface area contributed by atoms with E-state index in [9.17, 15) is 4.79 Å². The molecule has 0 fully saturated rings. The molecule has 0 N–H and O–H groups in total. The van der Waals surface area contributed by atoms with Crippen molar-refractivity contribution in [3.8, 4) is 11.3 Å². The maximum absolute atomic E-state index is 13.9. The Balaban J connectivity index is 1.59. The quantitative estimate of drug-likeness (QED) is 0.233. The molecule has 0 saturated heterocycles. The predicted molar refractivity (Wildman–Crippen MR) is 144 cm³/mol. The average Bonchev–Trinajstić information content (AvgIpc) is 2.88. The average molecular weight is 509 g/mol. The van der Waals surface area contributed by atoms with E-state index in [0.717, 1.165) is 55.0 Å². The van der Waals surface area contributed by atoms with E-state index in [1.807, 2.05) is 77.7 Å². The molecule has 0 atom stereocenters. The Kier molecular flexibility index (Phi) is 6.41. The van der Waals surface area contributed by atoms with Gasteiger partial charge in [0.25, 0.3) is 5.91 Å². The number of benzene rings is 4. The van der Waals surface area contributed by atoms with Gasteiger partial charge in [-0.15, -0.1) is 0 Å². The van der Waals surface area contributed by atoms with Gasteiger partial charge in [0, 0.05) is 39.5 Å². The molecule has 0 aliphatic rings. The highest BCUT2D eigenvalue weighted by molar-refractivity contribution is 9.10. The van der Waals surface area contributed by atoms with Crippen LogP contribution in [0.3, 0.4) is 0 Å². The van der Waals surface area contributed by atoms with Crippen molar-refractivity contribution >= 4 is 43.5 Å². The minimum Gasteiger partial charge on any atom is -0.334 e. The van der Waals surface area contributed by atoms with Crippen LogP contribution in [0.25, 0.3) is 32.9 Å². The van der Waals surface area contributed by atoms with Crippen LogP contribution in [0.5, 0.6) is 0 Å². The molecular formula is C30H25BrN2O. The van der Waals surface area contributed by atoms with E-state index >= 15 is 0 Å². The second-order valence-electron chi connectivity index (χ2n) is 8.42. The summed E-state index contributed by atoms with van der Waals surface area (Å²) in [6, 6.07) is 32.5. The Morgan fingerprint density at radius 2 is 1.62 bits per heavy atom. The number of amides is 1. The van der Waals surface area contributed by atoms with Gasteiger partial charge in [0.15, 0.2) is 0 Å². The molecule has 3 nitrogen and oxygen atoms in total. The molecule has 0 aliphatic heterocycles. The summed E-state index contributed by atoms with van der Waals surface area (Å²) in [5, 5.41) is 3.09. The maximum atomic E-state index is 13.9. The van der Waals surface area contributed by atoms with Gasteiger partial charge in [0.05, 0.1) is 11.2 Å². The number of carbonyl (C=O) groups excluding carboxylic acids is 1. The van der Waals surface area contributed by atoms with Crippen molar-refractivity contribution < 1.29 is 4.79 Å². The third-order valence-electron chi connectivity index (χ3n) is 6.10. The summed E-state index contributed by atoms with van der Waals surface area (Å²) in [6.07, 6.45) is 0.881. The SMILES string of the molecule is CCCN(Cc1cc(-c2ccccc2)nc2ccccc12)C(=O)c1cccc2cccc(Br)c12. The van der Waals surface area contributed by atoms with Crippen molar-refractivity contribution in [2.45, 2.75) is 19.9 Å².